The molecule has 0 amide bonds. The predicted octanol–water partition coefficient (Wildman–Crippen LogP) is 4.87. The van der Waals surface area contributed by atoms with Crippen LogP contribution in [0.1, 0.15) is 36.9 Å². The molecule has 154 valence electrons. The maximum absolute atomic E-state index is 5.88. The van der Waals surface area contributed by atoms with E-state index in [-0.39, 0.29) is 5.41 Å². The largest absolute Gasteiger partial charge is 0.486 e. The Labute approximate surface area is 180 Å². The van der Waals surface area contributed by atoms with E-state index in [4.69, 9.17) is 4.74 Å². The maximum atomic E-state index is 5.88. The fourth-order valence-electron chi connectivity index (χ4n) is 3.57. The molecule has 4 rings (SSSR count). The topological polar surface area (TPSA) is 65.7 Å². The van der Waals surface area contributed by atoms with Gasteiger partial charge in [-0.25, -0.2) is 4.98 Å². The molecule has 0 aliphatic carbocycles. The van der Waals surface area contributed by atoms with Crippen LogP contribution in [0.5, 0.6) is 5.75 Å². The summed E-state index contributed by atoms with van der Waals surface area (Å²) in [6.45, 7) is 7.30. The summed E-state index contributed by atoms with van der Waals surface area (Å²) in [6, 6.07) is 16.9. The Kier molecular flexibility index (Phi) is 5.63. The molecule has 0 radical (unpaired) electrons. The smallest absolute Gasteiger partial charge is 0.204 e. The number of thiazole rings is 1. The SMILES string of the molecule is CC(C)C(C)(c1ccc(OCc2nccs2)cc1)c1ccc(-c2nnn(C)n2)cc1. The summed E-state index contributed by atoms with van der Waals surface area (Å²) in [7, 11) is 1.77. The highest BCUT2D eigenvalue weighted by atomic mass is 32.1. The quantitative estimate of drug-likeness (QED) is 0.427. The van der Waals surface area contributed by atoms with E-state index in [2.05, 4.69) is 77.6 Å². The van der Waals surface area contributed by atoms with Crippen molar-refractivity contribution in [2.45, 2.75) is 32.8 Å². The minimum absolute atomic E-state index is 0.137. The molecular formula is C23H25N5OS. The van der Waals surface area contributed by atoms with Gasteiger partial charge in [0.25, 0.3) is 0 Å². The Morgan fingerprint density at radius 2 is 1.70 bits per heavy atom. The summed E-state index contributed by atoms with van der Waals surface area (Å²) >= 11 is 1.60. The summed E-state index contributed by atoms with van der Waals surface area (Å²) in [6.07, 6.45) is 1.80. The molecule has 1 atom stereocenters. The third kappa shape index (κ3) is 3.98. The summed E-state index contributed by atoms with van der Waals surface area (Å²) in [5.41, 5.74) is 3.33. The lowest BCUT2D eigenvalue weighted by Crippen LogP contribution is -2.30. The van der Waals surface area contributed by atoms with Crippen molar-refractivity contribution in [1.82, 2.24) is 25.2 Å². The van der Waals surface area contributed by atoms with Gasteiger partial charge in [-0.2, -0.15) is 4.80 Å². The van der Waals surface area contributed by atoms with Crippen LogP contribution in [0, 0.1) is 5.92 Å². The molecule has 4 aromatic rings. The molecule has 0 fully saturated rings. The third-order valence-electron chi connectivity index (χ3n) is 5.71. The van der Waals surface area contributed by atoms with Crippen LogP contribution in [-0.4, -0.2) is 25.2 Å². The Morgan fingerprint density at radius 3 is 2.23 bits per heavy atom. The first-order chi connectivity index (χ1) is 14.5. The number of nitrogens with zero attached hydrogens (tertiary/aromatic N) is 5. The first kappa shape index (κ1) is 20.2. The number of tetrazole rings is 1. The van der Waals surface area contributed by atoms with E-state index >= 15 is 0 Å². The van der Waals surface area contributed by atoms with E-state index < -0.39 is 0 Å². The van der Waals surface area contributed by atoms with Gasteiger partial charge in [0.1, 0.15) is 17.4 Å². The zero-order valence-corrected chi connectivity index (χ0v) is 18.4. The van der Waals surface area contributed by atoms with Crippen LogP contribution < -0.4 is 4.74 Å². The minimum Gasteiger partial charge on any atom is -0.486 e. The van der Waals surface area contributed by atoms with Gasteiger partial charge in [-0.05, 0) is 34.4 Å². The fourth-order valence-corrected chi connectivity index (χ4v) is 4.09. The normalized spacial score (nSPS) is 13.4. The molecule has 7 heteroatoms. The highest BCUT2D eigenvalue weighted by Gasteiger charge is 2.32. The molecule has 0 saturated heterocycles. The Hall–Kier alpha value is -3.06. The van der Waals surface area contributed by atoms with Crippen LogP contribution in [0.15, 0.2) is 60.1 Å². The monoisotopic (exact) mass is 419 g/mol. The fraction of sp³-hybridized carbons (Fsp3) is 0.304. The molecule has 0 spiro atoms. The van der Waals surface area contributed by atoms with Crippen LogP contribution in [0.2, 0.25) is 0 Å². The lowest BCUT2D eigenvalue weighted by Gasteiger charge is -2.35. The zero-order valence-electron chi connectivity index (χ0n) is 17.6. The van der Waals surface area contributed by atoms with Crippen molar-refractivity contribution >= 4 is 11.3 Å². The van der Waals surface area contributed by atoms with Crippen molar-refractivity contribution in [1.29, 1.82) is 0 Å². The van der Waals surface area contributed by atoms with Crippen molar-refractivity contribution in [3.05, 3.63) is 76.2 Å². The van der Waals surface area contributed by atoms with Crippen molar-refractivity contribution in [3.8, 4) is 17.1 Å². The lowest BCUT2D eigenvalue weighted by molar-refractivity contribution is 0.305. The van der Waals surface area contributed by atoms with Gasteiger partial charge in [0, 0.05) is 22.6 Å². The number of aryl methyl sites for hydroxylation is 1. The Balaban J connectivity index is 1.57. The number of ether oxygens (including phenoxy) is 1. The van der Waals surface area contributed by atoms with Crippen molar-refractivity contribution in [3.63, 3.8) is 0 Å². The number of benzene rings is 2. The molecule has 2 aromatic heterocycles. The van der Waals surface area contributed by atoms with Crippen molar-refractivity contribution < 1.29 is 4.74 Å². The highest BCUT2D eigenvalue weighted by molar-refractivity contribution is 7.09. The molecule has 2 heterocycles. The summed E-state index contributed by atoms with van der Waals surface area (Å²) < 4.78 is 5.88. The van der Waals surface area contributed by atoms with Crippen LogP contribution in [0.3, 0.4) is 0 Å². The Bertz CT molecular complexity index is 1090. The second kappa shape index (κ2) is 8.36. The predicted molar refractivity (Wildman–Crippen MR) is 118 cm³/mol. The first-order valence-electron chi connectivity index (χ1n) is 9.93. The molecule has 30 heavy (non-hydrogen) atoms. The second-order valence-corrected chi connectivity index (χ2v) is 8.75. The average Bonchev–Trinajstić information content (AvgIpc) is 3.44. The van der Waals surface area contributed by atoms with Crippen LogP contribution in [-0.2, 0) is 19.1 Å². The third-order valence-corrected chi connectivity index (χ3v) is 6.46. The van der Waals surface area contributed by atoms with E-state index in [0.29, 0.717) is 18.3 Å². The highest BCUT2D eigenvalue weighted by Crippen LogP contribution is 2.40. The van der Waals surface area contributed by atoms with Crippen LogP contribution in [0.4, 0.5) is 0 Å². The molecule has 0 saturated carbocycles. The Morgan fingerprint density at radius 1 is 1.03 bits per heavy atom. The lowest BCUT2D eigenvalue weighted by atomic mass is 9.68. The molecular weight excluding hydrogens is 394 g/mol. The number of aromatic nitrogens is 5. The molecule has 0 aliphatic heterocycles. The van der Waals surface area contributed by atoms with Gasteiger partial charge in [-0.1, -0.05) is 57.2 Å². The second-order valence-electron chi connectivity index (χ2n) is 7.78. The van der Waals surface area contributed by atoms with Gasteiger partial charge in [0.2, 0.25) is 5.82 Å². The van der Waals surface area contributed by atoms with Gasteiger partial charge >= 0.3 is 0 Å². The van der Waals surface area contributed by atoms with E-state index in [0.717, 1.165) is 16.3 Å². The van der Waals surface area contributed by atoms with Gasteiger partial charge in [0.05, 0.1) is 7.05 Å². The van der Waals surface area contributed by atoms with E-state index in [9.17, 15) is 0 Å². The average molecular weight is 420 g/mol. The maximum Gasteiger partial charge on any atom is 0.204 e. The zero-order chi connectivity index (χ0) is 21.1. The summed E-state index contributed by atoms with van der Waals surface area (Å²) in [5.74, 6) is 1.89. The number of hydrogen-bond donors (Lipinski definition) is 0. The van der Waals surface area contributed by atoms with E-state index in [1.54, 1.807) is 24.6 Å². The minimum atomic E-state index is -0.137. The van der Waals surface area contributed by atoms with Gasteiger partial charge in [-0.15, -0.1) is 21.5 Å². The molecule has 1 unspecified atom stereocenters. The summed E-state index contributed by atoms with van der Waals surface area (Å²) in [4.78, 5) is 5.73. The molecule has 0 aliphatic rings. The molecule has 0 bridgehead atoms. The number of rotatable bonds is 7. The molecule has 0 N–H and O–H groups in total. The van der Waals surface area contributed by atoms with Crippen LogP contribution in [0.25, 0.3) is 11.4 Å². The first-order valence-corrected chi connectivity index (χ1v) is 10.8. The van der Waals surface area contributed by atoms with Crippen molar-refractivity contribution in [2.75, 3.05) is 0 Å². The van der Waals surface area contributed by atoms with Gasteiger partial charge in [0.15, 0.2) is 0 Å². The molecule has 2 aromatic carbocycles. The van der Waals surface area contributed by atoms with Gasteiger partial charge in [-0.3, -0.25) is 0 Å². The van der Waals surface area contributed by atoms with Crippen molar-refractivity contribution in [2.24, 2.45) is 13.0 Å². The number of hydrogen-bond acceptors (Lipinski definition) is 6. The molecule has 6 nitrogen and oxygen atoms in total. The summed E-state index contributed by atoms with van der Waals surface area (Å²) in [5, 5.41) is 15.2. The van der Waals surface area contributed by atoms with Gasteiger partial charge < -0.3 is 4.74 Å². The van der Waals surface area contributed by atoms with Crippen LogP contribution >= 0.6 is 11.3 Å². The van der Waals surface area contributed by atoms with E-state index in [1.807, 2.05) is 17.5 Å². The van der Waals surface area contributed by atoms with E-state index in [1.165, 1.54) is 15.9 Å². The standard InChI is InChI=1S/C23H25N5OS/c1-16(2)23(3,18-7-5-17(6-8-18)22-25-27-28(4)26-22)19-9-11-20(12-10-19)29-15-21-24-13-14-30-21/h5-14,16H,15H2,1-4H3.